The first kappa shape index (κ1) is 16.9. The van der Waals surface area contributed by atoms with Crippen molar-refractivity contribution in [1.29, 1.82) is 0 Å². The van der Waals surface area contributed by atoms with Crippen molar-refractivity contribution >= 4 is 21.9 Å². The number of amides is 1. The van der Waals surface area contributed by atoms with Gasteiger partial charge in [-0.25, -0.2) is 13.1 Å². The van der Waals surface area contributed by atoms with Gasteiger partial charge in [0.15, 0.2) is 0 Å². The van der Waals surface area contributed by atoms with Crippen molar-refractivity contribution in [3.05, 3.63) is 0 Å². The Balaban J connectivity index is 2.47. The normalized spacial score (nSPS) is 23.2. The van der Waals surface area contributed by atoms with E-state index in [0.29, 0.717) is 19.4 Å². The summed E-state index contributed by atoms with van der Waals surface area (Å²) in [6.45, 7) is 1.98. The molecule has 1 aliphatic carbocycles. The fraction of sp³-hybridized carbons (Fsp3) is 0.833. The van der Waals surface area contributed by atoms with Crippen LogP contribution in [-0.2, 0) is 19.6 Å². The van der Waals surface area contributed by atoms with Gasteiger partial charge in [-0.15, -0.1) is 0 Å². The minimum atomic E-state index is -3.37. The summed E-state index contributed by atoms with van der Waals surface area (Å²) in [5.41, 5.74) is 0. The topological polar surface area (TPSA) is 113 Å². The largest absolute Gasteiger partial charge is 0.481 e. The van der Waals surface area contributed by atoms with Crippen molar-refractivity contribution in [2.75, 3.05) is 18.8 Å². The van der Waals surface area contributed by atoms with Crippen LogP contribution >= 0.6 is 0 Å². The number of hydrogen-bond donors (Lipinski definition) is 3. The summed E-state index contributed by atoms with van der Waals surface area (Å²) >= 11 is 0. The summed E-state index contributed by atoms with van der Waals surface area (Å²) in [6, 6.07) is 0. The van der Waals surface area contributed by atoms with Crippen LogP contribution in [-0.4, -0.2) is 44.2 Å². The van der Waals surface area contributed by atoms with Gasteiger partial charge in [-0.1, -0.05) is 19.8 Å². The molecule has 0 aromatic rings. The number of carboxylic acids is 1. The Morgan fingerprint density at radius 3 is 2.35 bits per heavy atom. The molecule has 3 N–H and O–H groups in total. The molecule has 0 spiro atoms. The number of rotatable bonds is 7. The van der Waals surface area contributed by atoms with E-state index < -0.39 is 27.8 Å². The number of carboxylic acid groups (broad SMARTS) is 1. The highest BCUT2D eigenvalue weighted by molar-refractivity contribution is 7.89. The minimum absolute atomic E-state index is 0.00297. The zero-order valence-electron chi connectivity index (χ0n) is 11.6. The molecule has 20 heavy (non-hydrogen) atoms. The molecule has 0 aromatic carbocycles. The molecule has 0 heterocycles. The Morgan fingerprint density at radius 2 is 1.80 bits per heavy atom. The number of carbonyl (C=O) groups excluding carboxylic acids is 1. The molecule has 0 aliphatic heterocycles. The lowest BCUT2D eigenvalue weighted by molar-refractivity contribution is -0.148. The summed E-state index contributed by atoms with van der Waals surface area (Å²) in [5, 5.41) is 11.6. The monoisotopic (exact) mass is 306 g/mol. The smallest absolute Gasteiger partial charge is 0.307 e. The zero-order chi connectivity index (χ0) is 15.2. The molecule has 8 heteroatoms. The molecule has 1 saturated carbocycles. The molecule has 0 saturated heterocycles. The van der Waals surface area contributed by atoms with E-state index in [2.05, 4.69) is 10.0 Å². The van der Waals surface area contributed by atoms with Gasteiger partial charge in [0.2, 0.25) is 15.9 Å². The molecule has 0 bridgehead atoms. The van der Waals surface area contributed by atoms with Gasteiger partial charge >= 0.3 is 5.97 Å². The van der Waals surface area contributed by atoms with Crippen LogP contribution in [0.25, 0.3) is 0 Å². The van der Waals surface area contributed by atoms with Crippen LogP contribution in [0.2, 0.25) is 0 Å². The molecule has 1 fully saturated rings. The Hall–Kier alpha value is -1.15. The van der Waals surface area contributed by atoms with E-state index in [0.717, 1.165) is 12.8 Å². The summed E-state index contributed by atoms with van der Waals surface area (Å²) in [7, 11) is -3.37. The number of sulfonamides is 1. The lowest BCUT2D eigenvalue weighted by Gasteiger charge is -2.27. The predicted octanol–water partition coefficient (Wildman–Crippen LogP) is -0.0671. The maximum Gasteiger partial charge on any atom is 0.307 e. The van der Waals surface area contributed by atoms with E-state index in [9.17, 15) is 18.0 Å². The van der Waals surface area contributed by atoms with Gasteiger partial charge in [0.1, 0.15) is 0 Å². The molecule has 1 aliphatic rings. The van der Waals surface area contributed by atoms with Crippen molar-refractivity contribution in [2.45, 2.75) is 32.6 Å². The van der Waals surface area contributed by atoms with Crippen LogP contribution in [0.4, 0.5) is 0 Å². The lowest BCUT2D eigenvalue weighted by Crippen LogP contribution is -2.42. The van der Waals surface area contributed by atoms with E-state index in [1.807, 2.05) is 0 Å². The molecule has 2 unspecified atom stereocenters. The Kier molecular flexibility index (Phi) is 6.41. The number of carbonyl (C=O) groups is 2. The number of nitrogens with one attached hydrogen (secondary N) is 2. The quantitative estimate of drug-likeness (QED) is 0.609. The van der Waals surface area contributed by atoms with Crippen molar-refractivity contribution in [2.24, 2.45) is 11.8 Å². The van der Waals surface area contributed by atoms with Gasteiger partial charge in [0.05, 0.1) is 17.6 Å². The van der Waals surface area contributed by atoms with Crippen LogP contribution in [0, 0.1) is 11.8 Å². The fourth-order valence-electron chi connectivity index (χ4n) is 2.47. The van der Waals surface area contributed by atoms with E-state index in [1.54, 1.807) is 6.92 Å². The van der Waals surface area contributed by atoms with Crippen LogP contribution < -0.4 is 10.0 Å². The number of aliphatic carboxylic acids is 1. The Morgan fingerprint density at radius 1 is 1.20 bits per heavy atom. The van der Waals surface area contributed by atoms with Gasteiger partial charge in [-0.05, 0) is 12.8 Å². The van der Waals surface area contributed by atoms with Gasteiger partial charge in [-0.3, -0.25) is 9.59 Å². The third-order valence-electron chi connectivity index (χ3n) is 3.45. The van der Waals surface area contributed by atoms with Gasteiger partial charge < -0.3 is 10.4 Å². The summed E-state index contributed by atoms with van der Waals surface area (Å²) in [6.07, 6.45) is 2.69. The molecule has 1 rings (SSSR count). The second kappa shape index (κ2) is 7.58. The van der Waals surface area contributed by atoms with Gasteiger partial charge in [0, 0.05) is 13.1 Å². The highest BCUT2D eigenvalue weighted by atomic mass is 32.2. The first-order valence-corrected chi connectivity index (χ1v) is 8.50. The van der Waals surface area contributed by atoms with E-state index in [4.69, 9.17) is 5.11 Å². The first-order chi connectivity index (χ1) is 9.37. The lowest BCUT2D eigenvalue weighted by atomic mass is 9.79. The van der Waals surface area contributed by atoms with Crippen LogP contribution in [0.5, 0.6) is 0 Å². The average molecular weight is 306 g/mol. The summed E-state index contributed by atoms with van der Waals surface area (Å²) < 4.78 is 25.1. The van der Waals surface area contributed by atoms with Crippen molar-refractivity contribution in [3.8, 4) is 0 Å². The first-order valence-electron chi connectivity index (χ1n) is 6.85. The summed E-state index contributed by atoms with van der Waals surface area (Å²) in [5.74, 6) is -2.72. The van der Waals surface area contributed by atoms with E-state index >= 15 is 0 Å². The van der Waals surface area contributed by atoms with Crippen LogP contribution in [0.15, 0.2) is 0 Å². The van der Waals surface area contributed by atoms with E-state index in [1.165, 1.54) is 0 Å². The van der Waals surface area contributed by atoms with Gasteiger partial charge in [0.25, 0.3) is 0 Å². The van der Waals surface area contributed by atoms with Crippen LogP contribution in [0.1, 0.15) is 32.6 Å². The van der Waals surface area contributed by atoms with E-state index in [-0.39, 0.29) is 18.2 Å². The standard InChI is InChI=1S/C12H22N2O5S/c1-2-14-20(18,19)8-7-13-11(15)9-5-3-4-6-10(9)12(16)17/h9-10,14H,2-8H2,1H3,(H,13,15)(H,16,17). The third-order valence-corrected chi connectivity index (χ3v) is 4.92. The Labute approximate surface area is 119 Å². The summed E-state index contributed by atoms with van der Waals surface area (Å²) in [4.78, 5) is 23.1. The van der Waals surface area contributed by atoms with Gasteiger partial charge in [-0.2, -0.15) is 0 Å². The Bertz CT molecular complexity index is 449. The maximum absolute atomic E-state index is 12.0. The average Bonchev–Trinajstić information content (AvgIpc) is 2.38. The van der Waals surface area contributed by atoms with Crippen LogP contribution in [0.3, 0.4) is 0 Å². The van der Waals surface area contributed by atoms with Crippen molar-refractivity contribution in [3.63, 3.8) is 0 Å². The van der Waals surface area contributed by atoms with Crippen molar-refractivity contribution < 1.29 is 23.1 Å². The fourth-order valence-corrected chi connectivity index (χ4v) is 3.43. The molecule has 2 atom stereocenters. The highest BCUT2D eigenvalue weighted by Crippen LogP contribution is 2.30. The molecule has 1 amide bonds. The molecule has 116 valence electrons. The molecular formula is C12H22N2O5S. The number of hydrogen-bond acceptors (Lipinski definition) is 4. The van der Waals surface area contributed by atoms with Crippen molar-refractivity contribution in [1.82, 2.24) is 10.0 Å². The second-order valence-electron chi connectivity index (χ2n) is 4.94. The molecular weight excluding hydrogens is 284 g/mol. The third kappa shape index (κ3) is 5.09. The maximum atomic E-state index is 12.0. The SMILES string of the molecule is CCNS(=O)(=O)CCNC(=O)C1CCCCC1C(=O)O. The molecule has 7 nitrogen and oxygen atoms in total. The predicted molar refractivity (Wildman–Crippen MR) is 73.6 cm³/mol. The minimum Gasteiger partial charge on any atom is -0.481 e. The molecule has 0 aromatic heterocycles. The zero-order valence-corrected chi connectivity index (χ0v) is 12.4. The highest BCUT2D eigenvalue weighted by Gasteiger charge is 2.35. The molecule has 0 radical (unpaired) electrons. The second-order valence-corrected chi connectivity index (χ2v) is 6.87.